The summed E-state index contributed by atoms with van der Waals surface area (Å²) < 4.78 is 4.80. The predicted octanol–water partition coefficient (Wildman–Crippen LogP) is 1.04. The standard InChI is InChI=1S/C13H21N3O3S/c1-3-16(9-11-5-4-8-20-11)10-12(17)15-13(18)14-6-7-19-2/h4-5,8H,3,6-7,9-10H2,1-2H3,(H2,14,15,17,18). The number of hydrogen-bond acceptors (Lipinski definition) is 5. The fourth-order valence-electron chi connectivity index (χ4n) is 1.58. The van der Waals surface area contributed by atoms with E-state index in [0.717, 1.165) is 6.54 Å². The Morgan fingerprint density at radius 2 is 2.25 bits per heavy atom. The van der Waals surface area contributed by atoms with Crippen molar-refractivity contribution in [3.05, 3.63) is 22.4 Å². The van der Waals surface area contributed by atoms with Crippen LogP contribution in [0.4, 0.5) is 4.79 Å². The van der Waals surface area contributed by atoms with E-state index in [2.05, 4.69) is 10.6 Å². The lowest BCUT2D eigenvalue weighted by Crippen LogP contribution is -2.45. The number of carbonyl (C=O) groups is 2. The van der Waals surface area contributed by atoms with Crippen molar-refractivity contribution >= 4 is 23.3 Å². The average Bonchev–Trinajstić information content (AvgIpc) is 2.91. The summed E-state index contributed by atoms with van der Waals surface area (Å²) in [6.45, 7) is 4.44. The molecule has 20 heavy (non-hydrogen) atoms. The molecule has 0 fully saturated rings. The van der Waals surface area contributed by atoms with Crippen LogP contribution in [-0.2, 0) is 16.1 Å². The van der Waals surface area contributed by atoms with Crippen molar-refractivity contribution in [3.8, 4) is 0 Å². The molecule has 1 aromatic heterocycles. The van der Waals surface area contributed by atoms with Crippen LogP contribution in [0.2, 0.25) is 0 Å². The smallest absolute Gasteiger partial charge is 0.321 e. The lowest BCUT2D eigenvalue weighted by Gasteiger charge is -2.18. The monoisotopic (exact) mass is 299 g/mol. The highest BCUT2D eigenvalue weighted by molar-refractivity contribution is 7.09. The number of nitrogens with zero attached hydrogens (tertiary/aromatic N) is 1. The Balaban J connectivity index is 2.30. The average molecular weight is 299 g/mol. The number of rotatable bonds is 8. The Kier molecular flexibility index (Phi) is 7.86. The van der Waals surface area contributed by atoms with Crippen LogP contribution in [0.25, 0.3) is 0 Å². The van der Waals surface area contributed by atoms with E-state index in [-0.39, 0.29) is 12.5 Å². The van der Waals surface area contributed by atoms with Gasteiger partial charge in [-0.2, -0.15) is 0 Å². The molecule has 0 saturated heterocycles. The third-order valence-electron chi connectivity index (χ3n) is 2.62. The molecule has 0 radical (unpaired) electrons. The number of urea groups is 1. The summed E-state index contributed by atoms with van der Waals surface area (Å²) in [5.74, 6) is -0.307. The SMILES string of the molecule is CCN(CC(=O)NC(=O)NCCOC)Cc1cccs1. The highest BCUT2D eigenvalue weighted by atomic mass is 32.1. The third-order valence-corrected chi connectivity index (χ3v) is 3.48. The van der Waals surface area contributed by atoms with E-state index in [1.807, 2.05) is 29.3 Å². The molecule has 0 aliphatic carbocycles. The zero-order chi connectivity index (χ0) is 14.8. The van der Waals surface area contributed by atoms with Gasteiger partial charge in [0.2, 0.25) is 5.91 Å². The Bertz CT molecular complexity index is 409. The quantitative estimate of drug-likeness (QED) is 0.704. The number of hydrogen-bond donors (Lipinski definition) is 2. The van der Waals surface area contributed by atoms with Crippen LogP contribution in [0.1, 0.15) is 11.8 Å². The van der Waals surface area contributed by atoms with Gasteiger partial charge in [0.25, 0.3) is 0 Å². The van der Waals surface area contributed by atoms with Crippen LogP contribution in [0.3, 0.4) is 0 Å². The number of nitrogens with one attached hydrogen (secondary N) is 2. The molecule has 3 amide bonds. The van der Waals surface area contributed by atoms with Gasteiger partial charge in [-0.1, -0.05) is 13.0 Å². The van der Waals surface area contributed by atoms with Gasteiger partial charge in [-0.15, -0.1) is 11.3 Å². The summed E-state index contributed by atoms with van der Waals surface area (Å²) in [4.78, 5) is 26.3. The summed E-state index contributed by atoms with van der Waals surface area (Å²) in [5, 5.41) is 6.85. The molecule has 0 aromatic carbocycles. The van der Waals surface area contributed by atoms with Crippen LogP contribution in [0, 0.1) is 0 Å². The van der Waals surface area contributed by atoms with Crippen LogP contribution < -0.4 is 10.6 Å². The number of thiophene rings is 1. The first-order valence-electron chi connectivity index (χ1n) is 6.47. The number of imide groups is 1. The Hall–Kier alpha value is -1.44. The topological polar surface area (TPSA) is 70.7 Å². The van der Waals surface area contributed by atoms with Crippen molar-refractivity contribution in [2.45, 2.75) is 13.5 Å². The van der Waals surface area contributed by atoms with E-state index in [1.54, 1.807) is 18.4 Å². The Morgan fingerprint density at radius 1 is 1.45 bits per heavy atom. The summed E-state index contributed by atoms with van der Waals surface area (Å²) >= 11 is 1.65. The van der Waals surface area contributed by atoms with Crippen molar-refractivity contribution in [1.82, 2.24) is 15.5 Å². The minimum absolute atomic E-state index is 0.200. The lowest BCUT2D eigenvalue weighted by molar-refractivity contribution is -0.121. The van der Waals surface area contributed by atoms with Gasteiger partial charge >= 0.3 is 6.03 Å². The molecule has 0 atom stereocenters. The van der Waals surface area contributed by atoms with Gasteiger partial charge in [0.05, 0.1) is 13.2 Å². The third kappa shape index (κ3) is 6.65. The van der Waals surface area contributed by atoms with Crippen LogP contribution in [0.15, 0.2) is 17.5 Å². The van der Waals surface area contributed by atoms with E-state index in [9.17, 15) is 9.59 Å². The van der Waals surface area contributed by atoms with Crippen molar-refractivity contribution < 1.29 is 14.3 Å². The molecule has 0 unspecified atom stereocenters. The molecule has 112 valence electrons. The molecule has 0 bridgehead atoms. The van der Waals surface area contributed by atoms with Gasteiger partial charge in [0.15, 0.2) is 0 Å². The lowest BCUT2D eigenvalue weighted by atomic mass is 10.4. The van der Waals surface area contributed by atoms with Crippen LogP contribution in [0.5, 0.6) is 0 Å². The Morgan fingerprint density at radius 3 is 2.85 bits per heavy atom. The maximum atomic E-state index is 11.7. The first kappa shape index (κ1) is 16.6. The highest BCUT2D eigenvalue weighted by Gasteiger charge is 2.12. The minimum Gasteiger partial charge on any atom is -0.383 e. The van der Waals surface area contributed by atoms with Crippen molar-refractivity contribution in [1.29, 1.82) is 0 Å². The molecule has 2 N–H and O–H groups in total. The first-order chi connectivity index (χ1) is 9.65. The van der Waals surface area contributed by atoms with Gasteiger partial charge in [-0.05, 0) is 18.0 Å². The number of amides is 3. The van der Waals surface area contributed by atoms with E-state index in [4.69, 9.17) is 4.74 Å². The van der Waals surface area contributed by atoms with Gasteiger partial charge in [-0.25, -0.2) is 4.79 Å². The van der Waals surface area contributed by atoms with Gasteiger partial charge in [0.1, 0.15) is 0 Å². The zero-order valence-corrected chi connectivity index (χ0v) is 12.7. The maximum Gasteiger partial charge on any atom is 0.321 e. The summed E-state index contributed by atoms with van der Waals surface area (Å²) in [5.41, 5.74) is 0. The van der Waals surface area contributed by atoms with E-state index < -0.39 is 6.03 Å². The second-order valence-electron chi connectivity index (χ2n) is 4.18. The second kappa shape index (κ2) is 9.46. The molecule has 0 aliphatic heterocycles. The highest BCUT2D eigenvalue weighted by Crippen LogP contribution is 2.11. The molecule has 1 heterocycles. The number of likely N-dealkylation sites (N-methyl/N-ethyl adjacent to an activating group) is 1. The van der Waals surface area contributed by atoms with Crippen molar-refractivity contribution in [2.75, 3.05) is 33.4 Å². The molecular formula is C13H21N3O3S. The molecular weight excluding hydrogens is 278 g/mol. The molecule has 6 nitrogen and oxygen atoms in total. The fourth-order valence-corrected chi connectivity index (χ4v) is 2.33. The maximum absolute atomic E-state index is 11.7. The normalized spacial score (nSPS) is 10.6. The van der Waals surface area contributed by atoms with Crippen LogP contribution >= 0.6 is 11.3 Å². The number of ether oxygens (including phenoxy) is 1. The summed E-state index contributed by atoms with van der Waals surface area (Å²) in [6, 6.07) is 3.53. The number of methoxy groups -OCH3 is 1. The van der Waals surface area contributed by atoms with Crippen LogP contribution in [-0.4, -0.2) is 50.2 Å². The van der Waals surface area contributed by atoms with E-state index >= 15 is 0 Å². The van der Waals surface area contributed by atoms with E-state index in [1.165, 1.54) is 4.88 Å². The largest absolute Gasteiger partial charge is 0.383 e. The van der Waals surface area contributed by atoms with Gasteiger partial charge in [-0.3, -0.25) is 15.0 Å². The molecule has 1 rings (SSSR count). The fraction of sp³-hybridized carbons (Fsp3) is 0.538. The molecule has 1 aromatic rings. The predicted molar refractivity (Wildman–Crippen MR) is 78.7 cm³/mol. The van der Waals surface area contributed by atoms with E-state index in [0.29, 0.717) is 19.7 Å². The summed E-state index contributed by atoms with van der Waals surface area (Å²) in [7, 11) is 1.55. The van der Waals surface area contributed by atoms with Gasteiger partial charge in [0, 0.05) is 25.1 Å². The summed E-state index contributed by atoms with van der Waals surface area (Å²) in [6.07, 6.45) is 0. The molecule has 0 spiro atoms. The minimum atomic E-state index is -0.487. The van der Waals surface area contributed by atoms with Gasteiger partial charge < -0.3 is 10.1 Å². The second-order valence-corrected chi connectivity index (χ2v) is 5.21. The molecule has 0 aliphatic rings. The first-order valence-corrected chi connectivity index (χ1v) is 7.35. The van der Waals surface area contributed by atoms with Crippen molar-refractivity contribution in [3.63, 3.8) is 0 Å². The number of carbonyl (C=O) groups excluding carboxylic acids is 2. The molecule has 7 heteroatoms. The molecule has 0 saturated carbocycles. The van der Waals surface area contributed by atoms with Crippen molar-refractivity contribution in [2.24, 2.45) is 0 Å². The Labute approximate surface area is 123 Å². The zero-order valence-electron chi connectivity index (χ0n) is 11.8.